The van der Waals surface area contributed by atoms with Crippen molar-refractivity contribution in [1.29, 1.82) is 0 Å². The number of ether oxygens (including phenoxy) is 2. The summed E-state index contributed by atoms with van der Waals surface area (Å²) < 4.78 is 38.7. The fraction of sp³-hybridized carbons (Fsp3) is 0.600. The Morgan fingerprint density at radius 2 is 1.91 bits per heavy atom. The minimum atomic E-state index is -3.44. The highest BCUT2D eigenvalue weighted by molar-refractivity contribution is 7.87. The van der Waals surface area contributed by atoms with E-state index < -0.39 is 10.2 Å². The largest absolute Gasteiger partial charge is 0.454 e. The Hall–Kier alpha value is -1.35. The van der Waals surface area contributed by atoms with E-state index in [1.807, 2.05) is 18.2 Å². The van der Waals surface area contributed by atoms with Gasteiger partial charge in [-0.25, -0.2) is 4.72 Å². The number of nitrogens with zero attached hydrogens (tertiary/aromatic N) is 2. The van der Waals surface area contributed by atoms with Gasteiger partial charge in [0.25, 0.3) is 10.2 Å². The molecule has 1 aromatic carbocycles. The summed E-state index contributed by atoms with van der Waals surface area (Å²) in [6.45, 7) is 2.52. The minimum Gasteiger partial charge on any atom is -0.454 e. The molecule has 0 unspecified atom stereocenters. The number of fused-ring (bicyclic) bond motifs is 1. The maximum Gasteiger partial charge on any atom is 0.278 e. The van der Waals surface area contributed by atoms with E-state index in [4.69, 9.17) is 9.47 Å². The van der Waals surface area contributed by atoms with Crippen LogP contribution >= 0.6 is 0 Å². The van der Waals surface area contributed by atoms with Gasteiger partial charge < -0.3 is 9.47 Å². The van der Waals surface area contributed by atoms with Crippen LogP contribution in [-0.4, -0.2) is 58.1 Å². The second-order valence-corrected chi connectivity index (χ2v) is 7.98. The van der Waals surface area contributed by atoms with E-state index >= 15 is 0 Å². The molecule has 0 aromatic heterocycles. The molecule has 0 spiro atoms. The highest BCUT2D eigenvalue weighted by Gasteiger charge is 2.27. The van der Waals surface area contributed by atoms with Crippen LogP contribution in [0.5, 0.6) is 11.5 Å². The van der Waals surface area contributed by atoms with Gasteiger partial charge in [-0.1, -0.05) is 6.07 Å². The first-order chi connectivity index (χ1) is 11.0. The fourth-order valence-electron chi connectivity index (χ4n) is 2.94. The Kier molecular flexibility index (Phi) is 4.77. The Balaban J connectivity index is 1.81. The maximum absolute atomic E-state index is 12.0. The second-order valence-electron chi connectivity index (χ2n) is 6.01. The van der Waals surface area contributed by atoms with Crippen molar-refractivity contribution in [2.75, 3.05) is 40.5 Å². The summed E-state index contributed by atoms with van der Waals surface area (Å²) in [4.78, 5) is 2.32. The maximum atomic E-state index is 12.0. The van der Waals surface area contributed by atoms with Crippen LogP contribution in [0.2, 0.25) is 0 Å². The monoisotopic (exact) mass is 341 g/mol. The van der Waals surface area contributed by atoms with Crippen molar-refractivity contribution >= 4 is 10.2 Å². The van der Waals surface area contributed by atoms with Crippen LogP contribution in [0.3, 0.4) is 0 Å². The van der Waals surface area contributed by atoms with Gasteiger partial charge in [-0.2, -0.15) is 12.7 Å². The molecule has 0 aliphatic carbocycles. The molecule has 128 valence electrons. The molecule has 1 aromatic rings. The summed E-state index contributed by atoms with van der Waals surface area (Å²) in [7, 11) is -0.398. The molecule has 0 saturated carbocycles. The highest BCUT2D eigenvalue weighted by atomic mass is 32.2. The molecule has 1 fully saturated rings. The third-order valence-corrected chi connectivity index (χ3v) is 5.80. The minimum absolute atomic E-state index is 0.0123. The molecule has 8 heteroatoms. The molecule has 2 heterocycles. The lowest BCUT2D eigenvalue weighted by Gasteiger charge is -2.28. The summed E-state index contributed by atoms with van der Waals surface area (Å²) >= 11 is 0. The fourth-order valence-corrected chi connectivity index (χ4v) is 3.57. The van der Waals surface area contributed by atoms with E-state index in [1.54, 1.807) is 0 Å². The van der Waals surface area contributed by atoms with Gasteiger partial charge in [0.05, 0.1) is 0 Å². The number of nitrogens with one attached hydrogen (secondary N) is 1. The van der Waals surface area contributed by atoms with Gasteiger partial charge in [-0.05, 0) is 43.6 Å². The average Bonchev–Trinajstić information content (AvgIpc) is 3.18. The van der Waals surface area contributed by atoms with Crippen molar-refractivity contribution in [3.63, 3.8) is 0 Å². The Morgan fingerprint density at radius 3 is 2.61 bits per heavy atom. The van der Waals surface area contributed by atoms with Gasteiger partial charge in [0.15, 0.2) is 11.5 Å². The quantitative estimate of drug-likeness (QED) is 0.834. The molecular formula is C15H23N3O4S. The molecule has 0 amide bonds. The van der Waals surface area contributed by atoms with Gasteiger partial charge in [0.1, 0.15) is 0 Å². The molecule has 23 heavy (non-hydrogen) atoms. The second kappa shape index (κ2) is 6.64. The third-order valence-electron chi connectivity index (χ3n) is 4.30. The molecule has 1 N–H and O–H groups in total. The van der Waals surface area contributed by atoms with E-state index in [2.05, 4.69) is 9.62 Å². The highest BCUT2D eigenvalue weighted by Crippen LogP contribution is 2.36. The lowest BCUT2D eigenvalue weighted by Crippen LogP contribution is -2.41. The number of hydrogen-bond acceptors (Lipinski definition) is 5. The summed E-state index contributed by atoms with van der Waals surface area (Å²) in [5.41, 5.74) is 1.04. The zero-order chi connectivity index (χ0) is 16.4. The van der Waals surface area contributed by atoms with E-state index in [0.717, 1.165) is 43.0 Å². The van der Waals surface area contributed by atoms with Crippen molar-refractivity contribution in [3.05, 3.63) is 23.8 Å². The third kappa shape index (κ3) is 3.60. The lowest BCUT2D eigenvalue weighted by molar-refractivity contribution is 0.173. The van der Waals surface area contributed by atoms with Gasteiger partial charge in [-0.3, -0.25) is 4.90 Å². The topological polar surface area (TPSA) is 71.1 Å². The Morgan fingerprint density at radius 1 is 1.22 bits per heavy atom. The Labute approximate surface area is 137 Å². The number of rotatable bonds is 6. The van der Waals surface area contributed by atoms with Crippen molar-refractivity contribution in [1.82, 2.24) is 13.9 Å². The Bertz CT molecular complexity index is 657. The zero-order valence-electron chi connectivity index (χ0n) is 13.5. The predicted molar refractivity (Wildman–Crippen MR) is 86.7 cm³/mol. The molecule has 2 aliphatic rings. The van der Waals surface area contributed by atoms with E-state index in [1.165, 1.54) is 18.4 Å². The molecule has 0 bridgehead atoms. The molecule has 0 radical (unpaired) electrons. The van der Waals surface area contributed by atoms with Gasteiger partial charge in [-0.15, -0.1) is 0 Å². The van der Waals surface area contributed by atoms with Crippen LogP contribution in [0.1, 0.15) is 24.4 Å². The van der Waals surface area contributed by atoms with E-state index in [9.17, 15) is 8.42 Å². The summed E-state index contributed by atoms with van der Waals surface area (Å²) in [5.74, 6) is 1.46. The number of likely N-dealkylation sites (tertiary alicyclic amines) is 1. The van der Waals surface area contributed by atoms with Crippen molar-refractivity contribution in [2.24, 2.45) is 0 Å². The molecule has 1 atom stereocenters. The van der Waals surface area contributed by atoms with E-state index in [-0.39, 0.29) is 12.8 Å². The lowest BCUT2D eigenvalue weighted by atomic mass is 10.1. The summed E-state index contributed by atoms with van der Waals surface area (Å²) in [5, 5.41) is 0. The van der Waals surface area contributed by atoms with Crippen molar-refractivity contribution < 1.29 is 17.9 Å². The first kappa shape index (κ1) is 16.5. The van der Waals surface area contributed by atoms with Crippen LogP contribution in [0.15, 0.2) is 18.2 Å². The normalized spacial score (nSPS) is 19.4. The van der Waals surface area contributed by atoms with Crippen LogP contribution in [0.4, 0.5) is 0 Å². The summed E-state index contributed by atoms with van der Waals surface area (Å²) in [6.07, 6.45) is 2.28. The van der Waals surface area contributed by atoms with Crippen LogP contribution in [-0.2, 0) is 10.2 Å². The van der Waals surface area contributed by atoms with Crippen molar-refractivity contribution in [2.45, 2.75) is 18.9 Å². The van der Waals surface area contributed by atoms with Crippen LogP contribution in [0, 0.1) is 0 Å². The van der Waals surface area contributed by atoms with Gasteiger partial charge >= 0.3 is 0 Å². The van der Waals surface area contributed by atoms with Crippen LogP contribution < -0.4 is 14.2 Å². The van der Waals surface area contributed by atoms with Crippen LogP contribution in [0.25, 0.3) is 0 Å². The number of benzene rings is 1. The standard InChI is InChI=1S/C15H23N3O4S/c1-17(2)23(19,20)16-10-13(18-7-3-4-8-18)12-5-6-14-15(9-12)22-11-21-14/h5-6,9,13,16H,3-4,7-8,10-11H2,1-2H3/t13-/m0/s1. The average molecular weight is 341 g/mol. The smallest absolute Gasteiger partial charge is 0.278 e. The SMILES string of the molecule is CN(C)S(=O)(=O)NC[C@@H](c1ccc2c(c1)OCO2)N1CCCC1. The van der Waals surface area contributed by atoms with Gasteiger partial charge in [0, 0.05) is 26.7 Å². The molecular weight excluding hydrogens is 318 g/mol. The van der Waals surface area contributed by atoms with Gasteiger partial charge in [0.2, 0.25) is 6.79 Å². The molecule has 7 nitrogen and oxygen atoms in total. The van der Waals surface area contributed by atoms with E-state index in [0.29, 0.717) is 6.54 Å². The number of hydrogen-bond donors (Lipinski definition) is 1. The zero-order valence-corrected chi connectivity index (χ0v) is 14.3. The van der Waals surface area contributed by atoms with Crippen molar-refractivity contribution in [3.8, 4) is 11.5 Å². The first-order valence-electron chi connectivity index (χ1n) is 7.78. The predicted octanol–water partition coefficient (Wildman–Crippen LogP) is 0.948. The molecule has 1 saturated heterocycles. The first-order valence-corrected chi connectivity index (χ1v) is 9.22. The molecule has 2 aliphatic heterocycles. The summed E-state index contributed by atoms with van der Waals surface area (Å²) in [6, 6.07) is 5.82. The molecule has 3 rings (SSSR count).